The van der Waals surface area contributed by atoms with E-state index in [0.717, 1.165) is 31.4 Å². The number of anilines is 1. The Hall–Kier alpha value is -1.61. The van der Waals surface area contributed by atoms with Crippen molar-refractivity contribution in [2.24, 2.45) is 0 Å². The van der Waals surface area contributed by atoms with E-state index in [1.807, 2.05) is 12.3 Å². The SMILES string of the molecule is CCC1CNC(C)(CC)CN1c1cccc2ncccc12. The van der Waals surface area contributed by atoms with Crippen LogP contribution in [0.15, 0.2) is 36.5 Å². The van der Waals surface area contributed by atoms with Crippen molar-refractivity contribution in [1.82, 2.24) is 10.3 Å². The van der Waals surface area contributed by atoms with Crippen molar-refractivity contribution in [3.8, 4) is 0 Å². The van der Waals surface area contributed by atoms with E-state index in [1.54, 1.807) is 0 Å². The van der Waals surface area contributed by atoms with Crippen LogP contribution < -0.4 is 10.2 Å². The topological polar surface area (TPSA) is 28.2 Å². The number of piperazine rings is 1. The molecule has 3 heteroatoms. The molecule has 0 bridgehead atoms. The van der Waals surface area contributed by atoms with Gasteiger partial charge in [-0.15, -0.1) is 0 Å². The van der Waals surface area contributed by atoms with E-state index in [-0.39, 0.29) is 5.54 Å². The summed E-state index contributed by atoms with van der Waals surface area (Å²) >= 11 is 0. The molecule has 1 aromatic heterocycles. The lowest BCUT2D eigenvalue weighted by Gasteiger charge is -2.47. The molecule has 2 atom stereocenters. The number of rotatable bonds is 3. The van der Waals surface area contributed by atoms with Crippen LogP contribution in [-0.4, -0.2) is 29.7 Å². The molecule has 1 saturated heterocycles. The Balaban J connectivity index is 2.05. The number of aromatic nitrogens is 1. The molecule has 0 aliphatic carbocycles. The van der Waals surface area contributed by atoms with Gasteiger partial charge in [-0.05, 0) is 44.0 Å². The first-order valence-corrected chi connectivity index (χ1v) is 8.02. The molecule has 3 rings (SSSR count). The Morgan fingerprint density at radius 3 is 2.90 bits per heavy atom. The lowest BCUT2D eigenvalue weighted by atomic mass is 9.92. The summed E-state index contributed by atoms with van der Waals surface area (Å²) in [6, 6.07) is 11.2. The van der Waals surface area contributed by atoms with Gasteiger partial charge < -0.3 is 10.2 Å². The minimum atomic E-state index is 0.191. The van der Waals surface area contributed by atoms with Gasteiger partial charge in [-0.3, -0.25) is 4.98 Å². The zero-order valence-corrected chi connectivity index (χ0v) is 13.3. The van der Waals surface area contributed by atoms with Gasteiger partial charge in [0.05, 0.1) is 5.52 Å². The summed E-state index contributed by atoms with van der Waals surface area (Å²) in [5, 5.41) is 5.00. The fraction of sp³-hybridized carbons (Fsp3) is 0.500. The van der Waals surface area contributed by atoms with Crippen LogP contribution in [0.25, 0.3) is 10.9 Å². The maximum absolute atomic E-state index is 4.50. The third-order valence-electron chi connectivity index (χ3n) is 4.91. The molecule has 21 heavy (non-hydrogen) atoms. The molecule has 0 amide bonds. The number of hydrogen-bond acceptors (Lipinski definition) is 3. The second-order valence-electron chi connectivity index (χ2n) is 6.33. The lowest BCUT2D eigenvalue weighted by Crippen LogP contribution is -2.62. The summed E-state index contributed by atoms with van der Waals surface area (Å²) < 4.78 is 0. The number of benzene rings is 1. The molecule has 1 aromatic carbocycles. The predicted molar refractivity (Wildman–Crippen MR) is 89.9 cm³/mol. The first kappa shape index (κ1) is 14.3. The minimum Gasteiger partial charge on any atom is -0.365 e. The average Bonchev–Trinajstić information content (AvgIpc) is 2.54. The van der Waals surface area contributed by atoms with Crippen LogP contribution in [0.5, 0.6) is 0 Å². The second kappa shape index (κ2) is 5.64. The van der Waals surface area contributed by atoms with Crippen molar-refractivity contribution in [2.45, 2.75) is 45.2 Å². The van der Waals surface area contributed by atoms with E-state index in [4.69, 9.17) is 0 Å². The zero-order chi connectivity index (χ0) is 14.9. The summed E-state index contributed by atoms with van der Waals surface area (Å²) in [5.41, 5.74) is 2.60. The Kier molecular flexibility index (Phi) is 3.85. The maximum atomic E-state index is 4.50. The number of nitrogens with one attached hydrogen (secondary N) is 1. The molecule has 1 N–H and O–H groups in total. The Morgan fingerprint density at radius 2 is 2.14 bits per heavy atom. The van der Waals surface area contributed by atoms with Crippen molar-refractivity contribution in [3.63, 3.8) is 0 Å². The molecular weight excluding hydrogens is 258 g/mol. The lowest BCUT2D eigenvalue weighted by molar-refractivity contribution is 0.276. The van der Waals surface area contributed by atoms with E-state index in [9.17, 15) is 0 Å². The maximum Gasteiger partial charge on any atom is 0.0722 e. The fourth-order valence-electron chi connectivity index (χ4n) is 3.26. The quantitative estimate of drug-likeness (QED) is 0.933. The summed E-state index contributed by atoms with van der Waals surface area (Å²) in [6.07, 6.45) is 4.17. The minimum absolute atomic E-state index is 0.191. The third kappa shape index (κ3) is 2.62. The van der Waals surface area contributed by atoms with E-state index in [2.05, 4.69) is 60.2 Å². The number of nitrogens with zero attached hydrogens (tertiary/aromatic N) is 2. The van der Waals surface area contributed by atoms with Crippen molar-refractivity contribution in [2.75, 3.05) is 18.0 Å². The molecular formula is C18H25N3. The van der Waals surface area contributed by atoms with Gasteiger partial charge >= 0.3 is 0 Å². The van der Waals surface area contributed by atoms with Crippen LogP contribution in [0.2, 0.25) is 0 Å². The molecule has 1 fully saturated rings. The molecule has 0 radical (unpaired) electrons. The van der Waals surface area contributed by atoms with E-state index in [1.165, 1.54) is 11.1 Å². The van der Waals surface area contributed by atoms with E-state index < -0.39 is 0 Å². The van der Waals surface area contributed by atoms with Gasteiger partial charge in [0.25, 0.3) is 0 Å². The second-order valence-corrected chi connectivity index (χ2v) is 6.33. The standard InChI is InChI=1S/C18H25N3/c1-4-14-12-20-18(3,5-2)13-21(14)17-10-6-9-16-15(17)8-7-11-19-16/h6-11,14,20H,4-5,12-13H2,1-3H3. The van der Waals surface area contributed by atoms with Crippen molar-refractivity contribution in [1.29, 1.82) is 0 Å². The Morgan fingerprint density at radius 1 is 1.29 bits per heavy atom. The van der Waals surface area contributed by atoms with Gasteiger partial charge in [-0.2, -0.15) is 0 Å². The van der Waals surface area contributed by atoms with Crippen LogP contribution in [0.4, 0.5) is 5.69 Å². The molecule has 2 aromatic rings. The van der Waals surface area contributed by atoms with Gasteiger partial charge in [-0.25, -0.2) is 0 Å². The van der Waals surface area contributed by atoms with Crippen LogP contribution in [0.1, 0.15) is 33.6 Å². The summed E-state index contributed by atoms with van der Waals surface area (Å²) in [5.74, 6) is 0. The summed E-state index contributed by atoms with van der Waals surface area (Å²) in [4.78, 5) is 7.09. The number of hydrogen-bond donors (Lipinski definition) is 1. The summed E-state index contributed by atoms with van der Waals surface area (Å²) in [7, 11) is 0. The fourth-order valence-corrected chi connectivity index (χ4v) is 3.26. The first-order chi connectivity index (χ1) is 10.2. The van der Waals surface area contributed by atoms with E-state index >= 15 is 0 Å². The van der Waals surface area contributed by atoms with Gasteiger partial charge in [0.1, 0.15) is 0 Å². The Bertz CT molecular complexity index is 619. The van der Waals surface area contributed by atoms with Gasteiger partial charge in [-0.1, -0.05) is 19.9 Å². The van der Waals surface area contributed by atoms with Crippen molar-refractivity contribution < 1.29 is 0 Å². The van der Waals surface area contributed by atoms with Crippen LogP contribution >= 0.6 is 0 Å². The molecule has 0 saturated carbocycles. The van der Waals surface area contributed by atoms with Crippen LogP contribution in [0, 0.1) is 0 Å². The van der Waals surface area contributed by atoms with Gasteiger partial charge in [0.2, 0.25) is 0 Å². The molecule has 2 unspecified atom stereocenters. The highest BCUT2D eigenvalue weighted by Gasteiger charge is 2.34. The largest absolute Gasteiger partial charge is 0.365 e. The monoisotopic (exact) mass is 283 g/mol. The van der Waals surface area contributed by atoms with Crippen LogP contribution in [-0.2, 0) is 0 Å². The van der Waals surface area contributed by atoms with Crippen molar-refractivity contribution >= 4 is 16.6 Å². The average molecular weight is 283 g/mol. The molecule has 3 nitrogen and oxygen atoms in total. The highest BCUT2D eigenvalue weighted by molar-refractivity contribution is 5.92. The third-order valence-corrected chi connectivity index (χ3v) is 4.91. The van der Waals surface area contributed by atoms with Gasteiger partial charge in [0.15, 0.2) is 0 Å². The Labute approximate surface area is 127 Å². The van der Waals surface area contributed by atoms with Gasteiger partial charge in [0, 0.05) is 41.9 Å². The first-order valence-electron chi connectivity index (χ1n) is 8.02. The molecule has 2 heterocycles. The highest BCUT2D eigenvalue weighted by atomic mass is 15.3. The predicted octanol–water partition coefficient (Wildman–Crippen LogP) is 3.59. The smallest absolute Gasteiger partial charge is 0.0722 e. The van der Waals surface area contributed by atoms with Crippen LogP contribution in [0.3, 0.4) is 0 Å². The molecule has 1 aliphatic rings. The highest BCUT2D eigenvalue weighted by Crippen LogP contribution is 2.31. The molecule has 1 aliphatic heterocycles. The molecule has 112 valence electrons. The number of pyridine rings is 1. The molecule has 0 spiro atoms. The zero-order valence-electron chi connectivity index (χ0n) is 13.3. The van der Waals surface area contributed by atoms with Crippen molar-refractivity contribution in [3.05, 3.63) is 36.5 Å². The van der Waals surface area contributed by atoms with E-state index in [0.29, 0.717) is 6.04 Å². The normalized spacial score (nSPS) is 26.2. The number of fused-ring (bicyclic) bond motifs is 1. The summed E-state index contributed by atoms with van der Waals surface area (Å²) in [6.45, 7) is 8.97.